The van der Waals surface area contributed by atoms with Gasteiger partial charge in [0.05, 0.1) is 6.04 Å². The highest BCUT2D eigenvalue weighted by Gasteiger charge is 2.33. The predicted molar refractivity (Wildman–Crippen MR) is 125 cm³/mol. The summed E-state index contributed by atoms with van der Waals surface area (Å²) in [4.78, 5) is 30.7. The number of amides is 3. The van der Waals surface area contributed by atoms with E-state index in [2.05, 4.69) is 16.8 Å². The average molecular weight is 444 g/mol. The minimum atomic E-state index is -0.189. The molecule has 0 radical (unpaired) electrons. The second-order valence-electron chi connectivity index (χ2n) is 8.30. The predicted octanol–water partition coefficient (Wildman–Crippen LogP) is 4.39. The lowest BCUT2D eigenvalue weighted by molar-refractivity contribution is -0.135. The summed E-state index contributed by atoms with van der Waals surface area (Å²) in [6.45, 7) is 9.55. The molecule has 1 aliphatic rings. The first-order valence-electron chi connectivity index (χ1n) is 11.0. The Balaban J connectivity index is 1.74. The van der Waals surface area contributed by atoms with Crippen LogP contribution in [0.1, 0.15) is 49.2 Å². The Hall–Kier alpha value is -2.54. The normalized spacial score (nSPS) is 15.5. The molecule has 6 nitrogen and oxygen atoms in total. The number of ether oxygens (including phenoxy) is 1. The van der Waals surface area contributed by atoms with Crippen LogP contribution in [-0.2, 0) is 11.2 Å². The van der Waals surface area contributed by atoms with Crippen molar-refractivity contribution in [1.82, 2.24) is 15.1 Å². The van der Waals surface area contributed by atoms with E-state index in [-0.39, 0.29) is 30.6 Å². The monoisotopic (exact) mass is 443 g/mol. The first-order valence-corrected chi connectivity index (χ1v) is 11.9. The summed E-state index contributed by atoms with van der Waals surface area (Å²) in [5, 5.41) is 4.98. The maximum atomic E-state index is 13.3. The SMILES string of the molecule is CCCN(CC(=O)N1CCc2sccc2C1COc1ccc(C)cc1)C(=O)NC(C)C. The third kappa shape index (κ3) is 6.00. The van der Waals surface area contributed by atoms with Crippen molar-refractivity contribution in [2.45, 2.75) is 52.6 Å². The van der Waals surface area contributed by atoms with E-state index in [4.69, 9.17) is 4.74 Å². The van der Waals surface area contributed by atoms with E-state index in [1.807, 2.05) is 56.9 Å². The molecular weight excluding hydrogens is 410 g/mol. The number of nitrogens with zero attached hydrogens (tertiary/aromatic N) is 2. The Morgan fingerprint density at radius 2 is 2.00 bits per heavy atom. The number of fused-ring (bicyclic) bond motifs is 1. The fraction of sp³-hybridized carbons (Fsp3) is 0.500. The van der Waals surface area contributed by atoms with Crippen molar-refractivity contribution >= 4 is 23.3 Å². The molecule has 2 aromatic rings. The van der Waals surface area contributed by atoms with Crippen LogP contribution in [0.5, 0.6) is 5.75 Å². The zero-order valence-electron chi connectivity index (χ0n) is 18.9. The van der Waals surface area contributed by atoms with Gasteiger partial charge in [-0.3, -0.25) is 4.79 Å². The van der Waals surface area contributed by atoms with Gasteiger partial charge in [0, 0.05) is 24.0 Å². The first-order chi connectivity index (χ1) is 14.9. The first kappa shape index (κ1) is 23.1. The Morgan fingerprint density at radius 3 is 2.68 bits per heavy atom. The van der Waals surface area contributed by atoms with Gasteiger partial charge in [-0.1, -0.05) is 24.6 Å². The van der Waals surface area contributed by atoms with Gasteiger partial charge in [-0.15, -0.1) is 11.3 Å². The van der Waals surface area contributed by atoms with E-state index < -0.39 is 0 Å². The van der Waals surface area contributed by atoms with Crippen LogP contribution in [-0.4, -0.2) is 54.0 Å². The van der Waals surface area contributed by atoms with E-state index in [0.29, 0.717) is 19.7 Å². The summed E-state index contributed by atoms with van der Waals surface area (Å²) in [7, 11) is 0. The van der Waals surface area contributed by atoms with Gasteiger partial charge in [0.1, 0.15) is 18.9 Å². The number of carbonyl (C=O) groups excluding carboxylic acids is 2. The van der Waals surface area contributed by atoms with E-state index in [1.54, 1.807) is 16.2 Å². The number of nitrogens with one attached hydrogen (secondary N) is 1. The number of rotatable bonds is 8. The van der Waals surface area contributed by atoms with Gasteiger partial charge in [-0.05, 0) is 62.8 Å². The Bertz CT molecular complexity index is 878. The van der Waals surface area contributed by atoms with Gasteiger partial charge in [0.15, 0.2) is 0 Å². The summed E-state index contributed by atoms with van der Waals surface area (Å²) < 4.78 is 6.08. The number of carbonyl (C=O) groups is 2. The molecule has 0 spiro atoms. The van der Waals surface area contributed by atoms with Gasteiger partial charge >= 0.3 is 6.03 Å². The molecule has 1 N–H and O–H groups in total. The number of aryl methyl sites for hydroxylation is 1. The number of hydrogen-bond acceptors (Lipinski definition) is 4. The molecule has 1 atom stereocenters. The second kappa shape index (κ2) is 10.7. The van der Waals surface area contributed by atoms with Crippen molar-refractivity contribution in [2.75, 3.05) is 26.2 Å². The molecule has 0 aliphatic carbocycles. The molecule has 3 amide bonds. The molecule has 0 bridgehead atoms. The Labute approximate surface area is 189 Å². The summed E-state index contributed by atoms with van der Waals surface area (Å²) in [6, 6.07) is 9.73. The average Bonchev–Trinajstić information content (AvgIpc) is 3.21. The van der Waals surface area contributed by atoms with Gasteiger partial charge < -0.3 is 19.9 Å². The van der Waals surface area contributed by atoms with E-state index >= 15 is 0 Å². The van der Waals surface area contributed by atoms with Crippen LogP contribution < -0.4 is 10.1 Å². The third-order valence-corrected chi connectivity index (χ3v) is 6.36. The van der Waals surface area contributed by atoms with Gasteiger partial charge in [0.25, 0.3) is 0 Å². The van der Waals surface area contributed by atoms with Gasteiger partial charge in [-0.25, -0.2) is 4.79 Å². The van der Waals surface area contributed by atoms with Crippen LogP contribution in [0, 0.1) is 6.92 Å². The number of hydrogen-bond donors (Lipinski definition) is 1. The molecule has 7 heteroatoms. The Kier molecular flexibility index (Phi) is 7.96. The highest BCUT2D eigenvalue weighted by molar-refractivity contribution is 7.10. The highest BCUT2D eigenvalue weighted by Crippen LogP contribution is 2.34. The van der Waals surface area contributed by atoms with E-state index in [9.17, 15) is 9.59 Å². The maximum absolute atomic E-state index is 13.3. The van der Waals surface area contributed by atoms with Crippen molar-refractivity contribution in [1.29, 1.82) is 0 Å². The standard InChI is InChI=1S/C24H33N3O3S/c1-5-12-26(24(29)25-17(2)3)15-23(28)27-13-10-22-20(11-14-31-22)21(27)16-30-19-8-6-18(4)7-9-19/h6-9,11,14,17,21H,5,10,12-13,15-16H2,1-4H3,(H,25,29). The maximum Gasteiger partial charge on any atom is 0.318 e. The zero-order valence-corrected chi connectivity index (χ0v) is 19.7. The van der Waals surface area contributed by atoms with Crippen LogP contribution >= 0.6 is 11.3 Å². The van der Waals surface area contributed by atoms with Crippen LogP contribution in [0.3, 0.4) is 0 Å². The third-order valence-electron chi connectivity index (χ3n) is 5.36. The number of urea groups is 1. The molecule has 1 aromatic carbocycles. The smallest absolute Gasteiger partial charge is 0.318 e. The highest BCUT2D eigenvalue weighted by atomic mass is 32.1. The topological polar surface area (TPSA) is 61.9 Å². The summed E-state index contributed by atoms with van der Waals surface area (Å²) in [5.74, 6) is 0.756. The molecule has 3 rings (SSSR count). The number of thiophene rings is 1. The number of benzene rings is 1. The summed E-state index contributed by atoms with van der Waals surface area (Å²) in [5.41, 5.74) is 2.34. The summed E-state index contributed by atoms with van der Waals surface area (Å²) in [6.07, 6.45) is 1.64. The minimum Gasteiger partial charge on any atom is -0.491 e. The molecule has 1 aliphatic heterocycles. The Morgan fingerprint density at radius 1 is 1.26 bits per heavy atom. The lowest BCUT2D eigenvalue weighted by Gasteiger charge is -2.37. The second-order valence-corrected chi connectivity index (χ2v) is 9.30. The molecule has 0 saturated carbocycles. The van der Waals surface area contributed by atoms with Crippen molar-refractivity contribution in [3.05, 3.63) is 51.7 Å². The van der Waals surface area contributed by atoms with Gasteiger partial charge in [0.2, 0.25) is 5.91 Å². The minimum absolute atomic E-state index is 0.0287. The largest absolute Gasteiger partial charge is 0.491 e. The molecule has 1 aromatic heterocycles. The lowest BCUT2D eigenvalue weighted by Crippen LogP contribution is -2.50. The lowest BCUT2D eigenvalue weighted by atomic mass is 10.0. The van der Waals surface area contributed by atoms with Crippen molar-refractivity contribution in [3.63, 3.8) is 0 Å². The molecule has 0 saturated heterocycles. The molecule has 0 fully saturated rings. The molecule has 2 heterocycles. The van der Waals surface area contributed by atoms with Crippen molar-refractivity contribution < 1.29 is 14.3 Å². The molecular formula is C24H33N3O3S. The van der Waals surface area contributed by atoms with E-state index in [1.165, 1.54) is 10.4 Å². The van der Waals surface area contributed by atoms with Crippen LogP contribution in [0.15, 0.2) is 35.7 Å². The quantitative estimate of drug-likeness (QED) is 0.658. The van der Waals surface area contributed by atoms with E-state index in [0.717, 1.165) is 24.2 Å². The fourth-order valence-corrected chi connectivity index (χ4v) is 4.73. The fourth-order valence-electron chi connectivity index (χ4n) is 3.80. The molecule has 168 valence electrons. The van der Waals surface area contributed by atoms with Gasteiger partial charge in [-0.2, -0.15) is 0 Å². The molecule has 31 heavy (non-hydrogen) atoms. The van der Waals surface area contributed by atoms with Crippen molar-refractivity contribution in [2.24, 2.45) is 0 Å². The summed E-state index contributed by atoms with van der Waals surface area (Å²) >= 11 is 1.73. The van der Waals surface area contributed by atoms with Crippen molar-refractivity contribution in [3.8, 4) is 5.75 Å². The zero-order chi connectivity index (χ0) is 22.4. The van der Waals surface area contributed by atoms with Crippen LogP contribution in [0.2, 0.25) is 0 Å². The van der Waals surface area contributed by atoms with Crippen LogP contribution in [0.4, 0.5) is 4.79 Å². The van der Waals surface area contributed by atoms with Crippen LogP contribution in [0.25, 0.3) is 0 Å². The molecule has 1 unspecified atom stereocenters.